The van der Waals surface area contributed by atoms with Crippen LogP contribution in [0.2, 0.25) is 0 Å². The van der Waals surface area contributed by atoms with Crippen LogP contribution in [0.4, 0.5) is 5.69 Å². The van der Waals surface area contributed by atoms with Gasteiger partial charge in [0.05, 0.1) is 0 Å². The number of rotatable bonds is 3. The van der Waals surface area contributed by atoms with Gasteiger partial charge in [-0.3, -0.25) is 9.59 Å². The van der Waals surface area contributed by atoms with E-state index in [1.807, 2.05) is 0 Å². The van der Waals surface area contributed by atoms with Crippen LogP contribution in [-0.4, -0.2) is 25.5 Å². The molecule has 78 valence electrons. The minimum Gasteiger partial charge on any atom is -0.319 e. The summed E-state index contributed by atoms with van der Waals surface area (Å²) in [6, 6.07) is 8.26. The van der Waals surface area contributed by atoms with Crippen molar-refractivity contribution in [1.29, 1.82) is 0 Å². The van der Waals surface area contributed by atoms with Crippen molar-refractivity contribution >= 4 is 33.0 Å². The van der Waals surface area contributed by atoms with E-state index in [9.17, 15) is 18.0 Å². The number of nitrogens with one attached hydrogen (secondary N) is 1. The van der Waals surface area contributed by atoms with Gasteiger partial charge in [0.15, 0.2) is 0 Å². The Labute approximate surface area is 87.3 Å². The van der Waals surface area contributed by atoms with Gasteiger partial charge in [-0.05, 0) is 12.1 Å². The number of anilines is 1. The fourth-order valence-corrected chi connectivity index (χ4v) is 1.14. The third kappa shape index (κ3) is 3.74. The topological polar surface area (TPSA) is 80.3 Å². The van der Waals surface area contributed by atoms with E-state index in [1.165, 1.54) is 0 Å². The van der Waals surface area contributed by atoms with Gasteiger partial charge in [-0.2, -0.15) is 8.42 Å². The minimum atomic E-state index is -2.66. The molecule has 1 aromatic carbocycles. The van der Waals surface area contributed by atoms with Gasteiger partial charge in [0.1, 0.15) is 5.37 Å². The van der Waals surface area contributed by atoms with Crippen LogP contribution in [0.3, 0.4) is 0 Å². The normalized spacial score (nSPS) is 9.07. The Morgan fingerprint density at radius 2 is 1.73 bits per heavy atom. The summed E-state index contributed by atoms with van der Waals surface area (Å²) in [5.74, 6) is -2.09. The lowest BCUT2D eigenvalue weighted by molar-refractivity contribution is -0.130. The Bertz CT molecular complexity index is 496. The van der Waals surface area contributed by atoms with E-state index >= 15 is 0 Å². The number of carbonyl (C=O) groups excluding carboxylic acids is 2. The molecule has 1 rings (SSSR count). The van der Waals surface area contributed by atoms with Gasteiger partial charge in [0.2, 0.25) is 10.3 Å². The molecular formula is C9H7NO4S. The molecule has 1 amide bonds. The summed E-state index contributed by atoms with van der Waals surface area (Å²) < 4.78 is 20.2. The molecule has 6 heteroatoms. The van der Waals surface area contributed by atoms with E-state index < -0.39 is 22.0 Å². The second-order valence-corrected chi connectivity index (χ2v) is 3.32. The van der Waals surface area contributed by atoms with Gasteiger partial charge in [0.25, 0.3) is 11.7 Å². The third-order valence-corrected chi connectivity index (χ3v) is 1.87. The van der Waals surface area contributed by atoms with E-state index in [0.29, 0.717) is 11.1 Å². The number of ketones is 1. The van der Waals surface area contributed by atoms with Crippen molar-refractivity contribution in [2.24, 2.45) is 0 Å². The number of amides is 1. The van der Waals surface area contributed by atoms with Crippen molar-refractivity contribution in [2.45, 2.75) is 0 Å². The van der Waals surface area contributed by atoms with Crippen LogP contribution in [0.1, 0.15) is 0 Å². The molecule has 0 saturated carbocycles. The second kappa shape index (κ2) is 5.06. The van der Waals surface area contributed by atoms with Crippen LogP contribution < -0.4 is 5.32 Å². The van der Waals surface area contributed by atoms with Crippen LogP contribution in [0.5, 0.6) is 0 Å². The highest BCUT2D eigenvalue weighted by atomic mass is 32.2. The van der Waals surface area contributed by atoms with E-state index in [1.54, 1.807) is 30.3 Å². The molecule has 1 aromatic rings. The maximum Gasteiger partial charge on any atom is 0.297 e. The smallest absolute Gasteiger partial charge is 0.297 e. The zero-order chi connectivity index (χ0) is 11.3. The molecule has 0 radical (unpaired) electrons. The molecule has 0 aliphatic rings. The molecule has 0 fully saturated rings. The average Bonchev–Trinajstić information content (AvgIpc) is 2.18. The fourth-order valence-electron chi connectivity index (χ4n) is 0.855. The minimum absolute atomic E-state index is 0.318. The summed E-state index contributed by atoms with van der Waals surface area (Å²) in [5, 5.41) is 2.57. The number of hydrogen-bond donors (Lipinski definition) is 1. The molecule has 1 N–H and O–H groups in total. The molecule has 15 heavy (non-hydrogen) atoms. The third-order valence-electron chi connectivity index (χ3n) is 1.46. The van der Waals surface area contributed by atoms with Crippen molar-refractivity contribution < 1.29 is 18.0 Å². The predicted octanol–water partition coefficient (Wildman–Crippen LogP) is -0.125. The molecule has 5 nitrogen and oxygen atoms in total. The van der Waals surface area contributed by atoms with Gasteiger partial charge >= 0.3 is 0 Å². The lowest BCUT2D eigenvalue weighted by atomic mass is 10.3. The zero-order valence-electron chi connectivity index (χ0n) is 7.51. The van der Waals surface area contributed by atoms with Crippen molar-refractivity contribution in [3.8, 4) is 0 Å². The SMILES string of the molecule is O=C(C=S(=O)=O)C(=O)Nc1ccccc1. The highest BCUT2D eigenvalue weighted by molar-refractivity contribution is 7.73. The predicted molar refractivity (Wildman–Crippen MR) is 55.1 cm³/mol. The molecule has 0 aromatic heterocycles. The first-order valence-electron chi connectivity index (χ1n) is 3.93. The fraction of sp³-hybridized carbons (Fsp3) is 0. The van der Waals surface area contributed by atoms with Gasteiger partial charge in [0, 0.05) is 5.69 Å². The molecule has 0 bridgehead atoms. The van der Waals surface area contributed by atoms with Crippen molar-refractivity contribution in [3.63, 3.8) is 0 Å². The van der Waals surface area contributed by atoms with Crippen molar-refractivity contribution in [1.82, 2.24) is 0 Å². The summed E-state index contributed by atoms with van der Waals surface area (Å²) in [6.45, 7) is 0. The first-order chi connectivity index (χ1) is 7.09. The average molecular weight is 225 g/mol. The van der Waals surface area contributed by atoms with Gasteiger partial charge in [-0.25, -0.2) is 0 Å². The molecule has 0 aliphatic heterocycles. The zero-order valence-corrected chi connectivity index (χ0v) is 8.32. The highest BCUT2D eigenvalue weighted by Gasteiger charge is 2.11. The van der Waals surface area contributed by atoms with E-state index in [0.717, 1.165) is 0 Å². The molecule has 0 spiro atoms. The van der Waals surface area contributed by atoms with E-state index in [4.69, 9.17) is 0 Å². The molecule has 0 heterocycles. The van der Waals surface area contributed by atoms with Crippen LogP contribution >= 0.6 is 0 Å². The maximum atomic E-state index is 11.1. The van der Waals surface area contributed by atoms with Gasteiger partial charge in [-0.1, -0.05) is 18.2 Å². The monoisotopic (exact) mass is 225 g/mol. The number of carbonyl (C=O) groups is 2. The second-order valence-electron chi connectivity index (χ2n) is 2.56. The first kappa shape index (κ1) is 11.1. The molecular weight excluding hydrogens is 218 g/mol. The van der Waals surface area contributed by atoms with Crippen LogP contribution in [-0.2, 0) is 19.9 Å². The Hall–Kier alpha value is -1.95. The molecule has 0 unspecified atom stereocenters. The highest BCUT2D eigenvalue weighted by Crippen LogP contribution is 2.04. The van der Waals surface area contributed by atoms with Crippen LogP contribution in [0.25, 0.3) is 0 Å². The summed E-state index contributed by atoms with van der Waals surface area (Å²) in [7, 11) is -2.66. The van der Waals surface area contributed by atoms with E-state index in [2.05, 4.69) is 5.32 Å². The van der Waals surface area contributed by atoms with Crippen LogP contribution in [0.15, 0.2) is 30.3 Å². The summed E-state index contributed by atoms with van der Waals surface area (Å²) in [5.41, 5.74) is 0.431. The largest absolute Gasteiger partial charge is 0.319 e. The summed E-state index contributed by atoms with van der Waals surface area (Å²) in [6.07, 6.45) is 0. The quantitative estimate of drug-likeness (QED) is 0.574. The van der Waals surface area contributed by atoms with E-state index in [-0.39, 0.29) is 0 Å². The van der Waals surface area contributed by atoms with Crippen LogP contribution in [0, 0.1) is 0 Å². The maximum absolute atomic E-state index is 11.1. The van der Waals surface area contributed by atoms with Crippen molar-refractivity contribution in [3.05, 3.63) is 30.3 Å². The Morgan fingerprint density at radius 1 is 1.13 bits per heavy atom. The van der Waals surface area contributed by atoms with Gasteiger partial charge in [-0.15, -0.1) is 0 Å². The Morgan fingerprint density at radius 3 is 2.27 bits per heavy atom. The Kier molecular flexibility index (Phi) is 3.75. The molecule has 0 atom stereocenters. The van der Waals surface area contributed by atoms with Gasteiger partial charge < -0.3 is 5.32 Å². The number of para-hydroxylation sites is 1. The number of hydrogen-bond acceptors (Lipinski definition) is 4. The molecule has 0 aliphatic carbocycles. The number of benzene rings is 1. The summed E-state index contributed by atoms with van der Waals surface area (Å²) in [4.78, 5) is 22.0. The van der Waals surface area contributed by atoms with Crippen molar-refractivity contribution in [2.75, 3.05) is 5.32 Å². The number of Topliss-reactive ketones (excluding diaryl/α,β-unsaturated/α-hetero) is 1. The first-order valence-corrected chi connectivity index (χ1v) is 5.06. The Balaban J connectivity index is 2.73. The lowest BCUT2D eigenvalue weighted by Crippen LogP contribution is -2.23. The standard InChI is InChI=1S/C9H7NO4S/c11-8(6-15(13)14)9(12)10-7-4-2-1-3-5-7/h1-6H,(H,10,12). The summed E-state index contributed by atoms with van der Waals surface area (Å²) >= 11 is 0. The molecule has 0 saturated heterocycles. The lowest BCUT2D eigenvalue weighted by Gasteiger charge is -2.00.